The first kappa shape index (κ1) is 23.8. The summed E-state index contributed by atoms with van der Waals surface area (Å²) in [6.45, 7) is 0. The average Bonchev–Trinajstić information content (AvgIpc) is 3.09. The van der Waals surface area contributed by atoms with E-state index in [-0.39, 0.29) is 0 Å². The zero-order chi connectivity index (χ0) is 28.3. The second kappa shape index (κ2) is 9.33. The highest BCUT2D eigenvalue weighted by atomic mass is 16.5. The predicted molar refractivity (Wildman–Crippen MR) is 174 cm³/mol. The van der Waals surface area contributed by atoms with Crippen molar-refractivity contribution in [2.45, 2.75) is 0 Å². The Labute approximate surface area is 247 Å². The second-order valence-electron chi connectivity index (χ2n) is 10.8. The molecule has 8 aromatic rings. The van der Waals surface area contributed by atoms with Crippen molar-refractivity contribution in [1.82, 2.24) is 15.0 Å². The first-order valence-corrected chi connectivity index (χ1v) is 14.4. The third-order valence-electron chi connectivity index (χ3n) is 8.30. The highest BCUT2D eigenvalue weighted by molar-refractivity contribution is 6.26. The molecule has 7 aromatic carbocycles. The maximum Gasteiger partial charge on any atom is 0.167 e. The number of aromatic nitrogens is 3. The molecule has 0 unspecified atom stereocenters. The number of benzene rings is 7. The molecular weight excluding hydrogens is 526 g/mol. The summed E-state index contributed by atoms with van der Waals surface area (Å²) in [5, 5.41) is 6.92. The Morgan fingerprint density at radius 2 is 0.907 bits per heavy atom. The topological polar surface area (TPSA) is 47.9 Å². The zero-order valence-electron chi connectivity index (χ0n) is 23.0. The number of nitrogens with zero attached hydrogens (tertiary/aromatic N) is 3. The van der Waals surface area contributed by atoms with Gasteiger partial charge in [-0.3, -0.25) is 0 Å². The van der Waals surface area contributed by atoms with Crippen LogP contribution in [0, 0.1) is 0 Å². The van der Waals surface area contributed by atoms with Crippen molar-refractivity contribution in [3.63, 3.8) is 0 Å². The summed E-state index contributed by atoms with van der Waals surface area (Å²) in [5.74, 6) is 3.44. The lowest BCUT2D eigenvalue weighted by Gasteiger charge is -2.22. The van der Waals surface area contributed by atoms with Gasteiger partial charge in [0.05, 0.1) is 5.56 Å². The predicted octanol–water partition coefficient (Wildman–Crippen LogP) is 10.1. The Hall–Kier alpha value is -5.87. The fourth-order valence-corrected chi connectivity index (χ4v) is 6.30. The molecule has 0 bridgehead atoms. The van der Waals surface area contributed by atoms with Crippen LogP contribution >= 0.6 is 0 Å². The van der Waals surface area contributed by atoms with Gasteiger partial charge in [-0.25, -0.2) is 15.0 Å². The Kier molecular flexibility index (Phi) is 5.16. The van der Waals surface area contributed by atoms with Gasteiger partial charge in [-0.05, 0) is 39.4 Å². The zero-order valence-corrected chi connectivity index (χ0v) is 23.0. The molecule has 4 nitrogen and oxygen atoms in total. The summed E-state index contributed by atoms with van der Waals surface area (Å²) in [6.07, 6.45) is 0. The van der Waals surface area contributed by atoms with Crippen molar-refractivity contribution in [1.29, 1.82) is 0 Å². The minimum Gasteiger partial charge on any atom is -0.455 e. The van der Waals surface area contributed by atoms with Crippen LogP contribution in [-0.4, -0.2) is 15.0 Å². The number of hydrogen-bond donors (Lipinski definition) is 0. The molecule has 9 rings (SSSR count). The molecule has 0 aliphatic carbocycles. The highest BCUT2D eigenvalue weighted by Gasteiger charge is 2.24. The van der Waals surface area contributed by atoms with Crippen LogP contribution in [0.1, 0.15) is 0 Å². The van der Waals surface area contributed by atoms with Gasteiger partial charge < -0.3 is 4.74 Å². The SMILES string of the molecule is c1ccc(-c2nc(-c3ccccc3-c3ccccc3)nc(-c3ccc4ccc5ccc6cccc7c6c5c4c3O7)n2)cc1. The summed E-state index contributed by atoms with van der Waals surface area (Å²) in [6, 6.07) is 47.9. The van der Waals surface area contributed by atoms with Crippen molar-refractivity contribution < 1.29 is 4.74 Å². The van der Waals surface area contributed by atoms with Crippen LogP contribution < -0.4 is 4.74 Å². The lowest BCUT2D eigenvalue weighted by atomic mass is 9.92. The summed E-state index contributed by atoms with van der Waals surface area (Å²) < 4.78 is 6.75. The van der Waals surface area contributed by atoms with E-state index in [9.17, 15) is 0 Å². The standard InChI is InChI=1S/C39H23N3O/c1-3-10-24(11-4-1)29-15-7-8-16-30(29)38-40-37(28-12-5-2-6-13-28)41-39(42-38)31-23-22-27-21-20-26-19-18-25-14-9-17-32-33(25)34(26)35(27)36(31)43-32/h1-23H. The molecule has 200 valence electrons. The molecule has 2 heterocycles. The van der Waals surface area contributed by atoms with E-state index in [2.05, 4.69) is 84.9 Å². The summed E-state index contributed by atoms with van der Waals surface area (Å²) in [7, 11) is 0. The molecule has 43 heavy (non-hydrogen) atoms. The smallest absolute Gasteiger partial charge is 0.167 e. The van der Waals surface area contributed by atoms with E-state index in [0.29, 0.717) is 17.5 Å². The van der Waals surface area contributed by atoms with E-state index < -0.39 is 0 Å². The lowest BCUT2D eigenvalue weighted by molar-refractivity contribution is 0.494. The van der Waals surface area contributed by atoms with Gasteiger partial charge in [0.2, 0.25) is 0 Å². The quantitative estimate of drug-likeness (QED) is 0.205. The molecule has 4 heteroatoms. The molecule has 0 N–H and O–H groups in total. The van der Waals surface area contributed by atoms with Crippen molar-refractivity contribution in [3.8, 4) is 56.8 Å². The van der Waals surface area contributed by atoms with Gasteiger partial charge in [-0.1, -0.05) is 127 Å². The van der Waals surface area contributed by atoms with Crippen molar-refractivity contribution in [2.24, 2.45) is 0 Å². The molecule has 0 spiro atoms. The first-order chi connectivity index (χ1) is 21.3. The highest BCUT2D eigenvalue weighted by Crippen LogP contribution is 2.50. The number of rotatable bonds is 4. The van der Waals surface area contributed by atoms with Gasteiger partial charge in [0.1, 0.15) is 11.5 Å². The number of ether oxygens (including phenoxy) is 1. The Balaban J connectivity index is 1.34. The van der Waals surface area contributed by atoms with Gasteiger partial charge in [0.25, 0.3) is 0 Å². The summed E-state index contributed by atoms with van der Waals surface area (Å²) >= 11 is 0. The maximum atomic E-state index is 6.75. The van der Waals surface area contributed by atoms with E-state index in [0.717, 1.165) is 55.5 Å². The largest absolute Gasteiger partial charge is 0.455 e. The van der Waals surface area contributed by atoms with E-state index >= 15 is 0 Å². The monoisotopic (exact) mass is 549 g/mol. The number of hydrogen-bond acceptors (Lipinski definition) is 4. The third kappa shape index (κ3) is 3.74. The molecule has 0 saturated heterocycles. The van der Waals surface area contributed by atoms with Gasteiger partial charge in [-0.2, -0.15) is 0 Å². The normalized spacial score (nSPS) is 11.9. The van der Waals surface area contributed by atoms with Gasteiger partial charge in [-0.15, -0.1) is 0 Å². The molecule has 1 aliphatic heterocycles. The minimum absolute atomic E-state index is 0.576. The third-order valence-corrected chi connectivity index (χ3v) is 8.30. The van der Waals surface area contributed by atoms with Gasteiger partial charge >= 0.3 is 0 Å². The Morgan fingerprint density at radius 3 is 1.65 bits per heavy atom. The van der Waals surface area contributed by atoms with Crippen LogP contribution in [0.15, 0.2) is 140 Å². The Bertz CT molecular complexity index is 2360. The van der Waals surface area contributed by atoms with Crippen molar-refractivity contribution in [2.75, 3.05) is 0 Å². The maximum absolute atomic E-state index is 6.75. The molecule has 0 atom stereocenters. The van der Waals surface area contributed by atoms with Crippen LogP contribution in [0.3, 0.4) is 0 Å². The van der Waals surface area contributed by atoms with E-state index in [1.54, 1.807) is 0 Å². The van der Waals surface area contributed by atoms with Crippen LogP contribution in [0.25, 0.3) is 77.6 Å². The molecule has 1 aromatic heterocycles. The summed E-state index contributed by atoms with van der Waals surface area (Å²) in [4.78, 5) is 15.2. The van der Waals surface area contributed by atoms with Crippen LogP contribution in [0.4, 0.5) is 0 Å². The lowest BCUT2D eigenvalue weighted by Crippen LogP contribution is -2.03. The van der Waals surface area contributed by atoms with Gasteiger partial charge in [0, 0.05) is 27.3 Å². The molecule has 1 aliphatic rings. The molecule has 0 radical (unpaired) electrons. The molecule has 0 saturated carbocycles. The molecule has 0 fully saturated rings. The summed E-state index contributed by atoms with van der Waals surface area (Å²) in [5.41, 5.74) is 4.89. The molecular formula is C39H23N3O. The van der Waals surface area contributed by atoms with Crippen molar-refractivity contribution in [3.05, 3.63) is 140 Å². The van der Waals surface area contributed by atoms with Crippen LogP contribution in [-0.2, 0) is 0 Å². The Morgan fingerprint density at radius 1 is 0.349 bits per heavy atom. The van der Waals surface area contributed by atoms with E-state index in [4.69, 9.17) is 19.7 Å². The van der Waals surface area contributed by atoms with Gasteiger partial charge in [0.15, 0.2) is 17.5 Å². The fourth-order valence-electron chi connectivity index (χ4n) is 6.30. The second-order valence-corrected chi connectivity index (χ2v) is 10.8. The molecule has 0 amide bonds. The van der Waals surface area contributed by atoms with E-state index in [1.165, 1.54) is 16.2 Å². The minimum atomic E-state index is 0.576. The first-order valence-electron chi connectivity index (χ1n) is 14.4. The van der Waals surface area contributed by atoms with E-state index in [1.807, 2.05) is 54.6 Å². The fraction of sp³-hybridized carbons (Fsp3) is 0. The van der Waals surface area contributed by atoms with Crippen LogP contribution in [0.2, 0.25) is 0 Å². The average molecular weight is 550 g/mol. The van der Waals surface area contributed by atoms with Crippen LogP contribution in [0.5, 0.6) is 11.5 Å². The van der Waals surface area contributed by atoms with Crippen molar-refractivity contribution >= 4 is 32.3 Å².